The summed E-state index contributed by atoms with van der Waals surface area (Å²) in [6.45, 7) is 1.55. The van der Waals surface area contributed by atoms with E-state index in [9.17, 15) is 18.0 Å². The van der Waals surface area contributed by atoms with Crippen molar-refractivity contribution in [1.82, 2.24) is 0 Å². The number of carbonyl (C=O) groups excluding carboxylic acids is 2. The largest absolute Gasteiger partial charge is 0.495 e. The molecule has 1 atom stereocenters. The number of sulfone groups is 1. The first-order valence-corrected chi connectivity index (χ1v) is 11.1. The lowest BCUT2D eigenvalue weighted by Crippen LogP contribution is -2.39. The number of hydrogen-bond acceptors (Lipinski definition) is 5. The number of halogens is 2. The number of nitrogens with one attached hydrogen (secondary N) is 2. The number of anilines is 2. The molecule has 0 saturated heterocycles. The SMILES string of the molecule is CCC(C(=O)Nc1ccc(Cl)cc1Cl)S(=O)(=O)CC(=O)Nc1ccccc1OC. The van der Waals surface area contributed by atoms with Crippen molar-refractivity contribution in [3.8, 4) is 5.75 Å². The summed E-state index contributed by atoms with van der Waals surface area (Å²) in [5.41, 5.74) is 0.564. The number of hydrogen-bond donors (Lipinski definition) is 2. The first-order chi connectivity index (χ1) is 13.7. The Balaban J connectivity index is 2.12. The minimum atomic E-state index is -4.09. The van der Waals surface area contributed by atoms with Crippen LogP contribution in [0.3, 0.4) is 0 Å². The van der Waals surface area contributed by atoms with Gasteiger partial charge in [0.1, 0.15) is 16.8 Å². The molecular formula is C19H20Cl2N2O5S. The molecule has 0 spiro atoms. The van der Waals surface area contributed by atoms with Gasteiger partial charge in [0, 0.05) is 5.02 Å². The number of rotatable bonds is 8. The predicted molar refractivity (Wildman–Crippen MR) is 115 cm³/mol. The Morgan fingerprint density at radius 3 is 2.38 bits per heavy atom. The molecule has 0 aliphatic rings. The molecule has 0 heterocycles. The lowest BCUT2D eigenvalue weighted by Gasteiger charge is -2.17. The Bertz CT molecular complexity index is 1010. The van der Waals surface area contributed by atoms with Crippen LogP contribution < -0.4 is 15.4 Å². The zero-order valence-corrected chi connectivity index (χ0v) is 18.1. The number of carbonyl (C=O) groups is 2. The fourth-order valence-corrected chi connectivity index (χ4v) is 4.61. The van der Waals surface area contributed by atoms with E-state index in [1.165, 1.54) is 25.3 Å². The molecule has 0 saturated carbocycles. The molecule has 29 heavy (non-hydrogen) atoms. The molecule has 2 N–H and O–H groups in total. The second-order valence-corrected chi connectivity index (χ2v) is 9.09. The van der Waals surface area contributed by atoms with E-state index in [1.54, 1.807) is 31.2 Å². The maximum absolute atomic E-state index is 12.7. The summed E-state index contributed by atoms with van der Waals surface area (Å²) < 4.78 is 30.5. The highest BCUT2D eigenvalue weighted by atomic mass is 35.5. The highest BCUT2D eigenvalue weighted by Crippen LogP contribution is 2.26. The topological polar surface area (TPSA) is 102 Å². The van der Waals surface area contributed by atoms with Crippen molar-refractivity contribution >= 4 is 56.2 Å². The molecule has 0 radical (unpaired) electrons. The number of ether oxygens (including phenoxy) is 1. The van der Waals surface area contributed by atoms with Gasteiger partial charge in [-0.05, 0) is 36.8 Å². The van der Waals surface area contributed by atoms with Crippen molar-refractivity contribution in [2.24, 2.45) is 0 Å². The van der Waals surface area contributed by atoms with E-state index in [4.69, 9.17) is 27.9 Å². The number of para-hydroxylation sites is 2. The molecule has 7 nitrogen and oxygen atoms in total. The normalized spacial score (nSPS) is 12.1. The van der Waals surface area contributed by atoms with Gasteiger partial charge in [-0.3, -0.25) is 9.59 Å². The van der Waals surface area contributed by atoms with Crippen LogP contribution in [0, 0.1) is 0 Å². The summed E-state index contributed by atoms with van der Waals surface area (Å²) in [5, 5.41) is 4.10. The second kappa shape index (κ2) is 9.96. The molecule has 10 heteroatoms. The molecule has 2 aromatic rings. The lowest BCUT2D eigenvalue weighted by atomic mass is 10.2. The molecule has 2 aromatic carbocycles. The standard InChI is InChI=1S/C19H20Cl2N2O5S/c1-3-17(19(25)23-14-9-8-12(20)10-13(14)21)29(26,27)11-18(24)22-15-6-4-5-7-16(15)28-2/h4-10,17H,3,11H2,1-2H3,(H,22,24)(H,23,25). The van der Waals surface area contributed by atoms with Gasteiger partial charge in [0.05, 0.1) is 23.5 Å². The summed E-state index contributed by atoms with van der Waals surface area (Å²) in [4.78, 5) is 24.8. The van der Waals surface area contributed by atoms with Crippen LogP contribution >= 0.6 is 23.2 Å². The molecule has 2 amide bonds. The molecule has 0 fully saturated rings. The van der Waals surface area contributed by atoms with Crippen LogP contribution in [0.2, 0.25) is 10.0 Å². The highest BCUT2D eigenvalue weighted by Gasteiger charge is 2.33. The Kier molecular flexibility index (Phi) is 7.89. The van der Waals surface area contributed by atoms with Crippen molar-refractivity contribution in [3.05, 3.63) is 52.5 Å². The van der Waals surface area contributed by atoms with Gasteiger partial charge in [-0.1, -0.05) is 42.3 Å². The number of methoxy groups -OCH3 is 1. The fraction of sp³-hybridized carbons (Fsp3) is 0.263. The molecule has 0 aliphatic heterocycles. The van der Waals surface area contributed by atoms with Crippen LogP contribution in [0.5, 0.6) is 5.75 Å². The zero-order valence-electron chi connectivity index (χ0n) is 15.7. The molecular weight excluding hydrogens is 439 g/mol. The van der Waals surface area contributed by atoms with E-state index in [0.29, 0.717) is 16.5 Å². The first kappa shape index (κ1) is 23.0. The molecule has 1 unspecified atom stereocenters. The Morgan fingerprint density at radius 1 is 1.07 bits per heavy atom. The van der Waals surface area contributed by atoms with Crippen molar-refractivity contribution in [2.45, 2.75) is 18.6 Å². The third-order valence-electron chi connectivity index (χ3n) is 4.00. The summed E-state index contributed by atoms with van der Waals surface area (Å²) in [7, 11) is -2.65. The van der Waals surface area contributed by atoms with E-state index in [-0.39, 0.29) is 17.1 Å². The van der Waals surface area contributed by atoms with Gasteiger partial charge >= 0.3 is 0 Å². The predicted octanol–water partition coefficient (Wildman–Crippen LogP) is 3.77. The quantitative estimate of drug-likeness (QED) is 0.626. The van der Waals surface area contributed by atoms with Crippen molar-refractivity contribution in [1.29, 1.82) is 0 Å². The number of amides is 2. The van der Waals surface area contributed by atoms with Gasteiger partial charge in [-0.15, -0.1) is 0 Å². The van der Waals surface area contributed by atoms with Gasteiger partial charge in [-0.25, -0.2) is 8.42 Å². The fourth-order valence-electron chi connectivity index (χ4n) is 2.62. The summed E-state index contributed by atoms with van der Waals surface area (Å²) in [6, 6.07) is 11.0. The zero-order chi connectivity index (χ0) is 21.6. The monoisotopic (exact) mass is 458 g/mol. The van der Waals surface area contributed by atoms with Gasteiger partial charge < -0.3 is 15.4 Å². The van der Waals surface area contributed by atoms with Gasteiger partial charge in [0.15, 0.2) is 9.84 Å². The second-order valence-electron chi connectivity index (χ2n) is 6.07. The van der Waals surface area contributed by atoms with Crippen LogP contribution in [0.15, 0.2) is 42.5 Å². The molecule has 0 aromatic heterocycles. The Labute approximate surface area is 179 Å². The Hall–Kier alpha value is -2.29. The van der Waals surface area contributed by atoms with Gasteiger partial charge in [0.2, 0.25) is 11.8 Å². The maximum atomic E-state index is 12.7. The molecule has 0 bridgehead atoms. The minimum absolute atomic E-state index is 0.0126. The highest BCUT2D eigenvalue weighted by molar-refractivity contribution is 7.93. The van der Waals surface area contributed by atoms with E-state index in [2.05, 4.69) is 10.6 Å². The van der Waals surface area contributed by atoms with E-state index >= 15 is 0 Å². The van der Waals surface area contributed by atoms with Crippen molar-refractivity contribution in [3.63, 3.8) is 0 Å². The van der Waals surface area contributed by atoms with E-state index in [0.717, 1.165) is 0 Å². The first-order valence-electron chi connectivity index (χ1n) is 8.58. The summed E-state index contributed by atoms with van der Waals surface area (Å²) in [5.74, 6) is -2.02. The third kappa shape index (κ3) is 6.09. The van der Waals surface area contributed by atoms with Crippen LogP contribution in [-0.2, 0) is 19.4 Å². The van der Waals surface area contributed by atoms with Gasteiger partial charge in [-0.2, -0.15) is 0 Å². The van der Waals surface area contributed by atoms with Gasteiger partial charge in [0.25, 0.3) is 0 Å². The third-order valence-corrected chi connectivity index (χ3v) is 6.63. The van der Waals surface area contributed by atoms with Crippen molar-refractivity contribution in [2.75, 3.05) is 23.5 Å². The van der Waals surface area contributed by atoms with Crippen LogP contribution in [-0.4, -0.2) is 38.3 Å². The van der Waals surface area contributed by atoms with E-state index < -0.39 is 32.7 Å². The molecule has 156 valence electrons. The maximum Gasteiger partial charge on any atom is 0.242 e. The van der Waals surface area contributed by atoms with Crippen LogP contribution in [0.1, 0.15) is 13.3 Å². The summed E-state index contributed by atoms with van der Waals surface area (Å²) in [6.07, 6.45) is -0.0126. The average molecular weight is 459 g/mol. The van der Waals surface area contributed by atoms with E-state index in [1.807, 2.05) is 0 Å². The van der Waals surface area contributed by atoms with Crippen LogP contribution in [0.25, 0.3) is 0 Å². The van der Waals surface area contributed by atoms with Crippen LogP contribution in [0.4, 0.5) is 11.4 Å². The molecule has 0 aliphatic carbocycles. The number of benzene rings is 2. The van der Waals surface area contributed by atoms with Crippen molar-refractivity contribution < 1.29 is 22.7 Å². The summed E-state index contributed by atoms with van der Waals surface area (Å²) >= 11 is 11.8. The minimum Gasteiger partial charge on any atom is -0.495 e. The smallest absolute Gasteiger partial charge is 0.242 e. The lowest BCUT2D eigenvalue weighted by molar-refractivity contribution is -0.115. The average Bonchev–Trinajstić information content (AvgIpc) is 2.64. The Morgan fingerprint density at radius 2 is 1.76 bits per heavy atom. The molecule has 2 rings (SSSR count).